The SMILES string of the molecule is C#CCCCC(C(=O)OCC)P(=O)(OCC)OCC. The summed E-state index contributed by atoms with van der Waals surface area (Å²) in [4.78, 5) is 11.9. The van der Waals surface area contributed by atoms with Crippen LogP contribution in [0.2, 0.25) is 0 Å². The highest BCUT2D eigenvalue weighted by Crippen LogP contribution is 2.55. The first kappa shape index (κ1) is 18.2. The Hall–Kier alpha value is -0.820. The molecule has 0 radical (unpaired) electrons. The van der Waals surface area contributed by atoms with Crippen LogP contribution in [0.1, 0.15) is 40.0 Å². The molecule has 0 aliphatic heterocycles. The topological polar surface area (TPSA) is 61.8 Å². The predicted molar refractivity (Wildman–Crippen MR) is 74.0 cm³/mol. The minimum Gasteiger partial charge on any atom is -0.465 e. The summed E-state index contributed by atoms with van der Waals surface area (Å²) in [6.07, 6.45) is 6.59. The predicted octanol–water partition coefficient (Wildman–Crippen LogP) is 2.99. The Labute approximate surface area is 115 Å². The van der Waals surface area contributed by atoms with Crippen molar-refractivity contribution >= 4 is 13.6 Å². The van der Waals surface area contributed by atoms with Gasteiger partial charge in [0.05, 0.1) is 19.8 Å². The lowest BCUT2D eigenvalue weighted by atomic mass is 10.2. The minimum absolute atomic E-state index is 0.211. The monoisotopic (exact) mass is 290 g/mol. The van der Waals surface area contributed by atoms with Crippen molar-refractivity contribution in [3.63, 3.8) is 0 Å². The first-order valence-electron chi connectivity index (χ1n) is 6.54. The van der Waals surface area contributed by atoms with Gasteiger partial charge in [0.1, 0.15) is 0 Å². The molecule has 1 unspecified atom stereocenters. The van der Waals surface area contributed by atoms with Gasteiger partial charge in [-0.2, -0.15) is 0 Å². The van der Waals surface area contributed by atoms with Gasteiger partial charge in [0.2, 0.25) is 0 Å². The molecule has 0 rings (SSSR count). The van der Waals surface area contributed by atoms with E-state index in [1.54, 1.807) is 20.8 Å². The zero-order valence-corrected chi connectivity index (χ0v) is 12.8. The third kappa shape index (κ3) is 6.24. The summed E-state index contributed by atoms with van der Waals surface area (Å²) < 4.78 is 28.0. The van der Waals surface area contributed by atoms with Gasteiger partial charge in [-0.3, -0.25) is 9.36 Å². The van der Waals surface area contributed by atoms with Crippen LogP contribution in [-0.4, -0.2) is 31.4 Å². The van der Waals surface area contributed by atoms with Gasteiger partial charge in [-0.25, -0.2) is 0 Å². The van der Waals surface area contributed by atoms with E-state index in [-0.39, 0.29) is 19.8 Å². The molecule has 0 aromatic heterocycles. The maximum atomic E-state index is 12.6. The van der Waals surface area contributed by atoms with E-state index in [1.807, 2.05) is 0 Å². The third-order valence-corrected chi connectivity index (χ3v) is 4.83. The minimum atomic E-state index is -3.50. The van der Waals surface area contributed by atoms with E-state index in [4.69, 9.17) is 20.2 Å². The summed E-state index contributed by atoms with van der Waals surface area (Å²) in [5, 5.41) is 0. The summed E-state index contributed by atoms with van der Waals surface area (Å²) in [6.45, 7) is 5.75. The molecule has 0 aromatic rings. The third-order valence-electron chi connectivity index (χ3n) is 2.36. The second kappa shape index (κ2) is 10.0. The van der Waals surface area contributed by atoms with Crippen molar-refractivity contribution in [1.82, 2.24) is 0 Å². The Balaban J connectivity index is 4.98. The van der Waals surface area contributed by atoms with Crippen LogP contribution in [-0.2, 0) is 23.1 Å². The normalized spacial score (nSPS) is 12.7. The van der Waals surface area contributed by atoms with Crippen LogP contribution in [0.15, 0.2) is 0 Å². The summed E-state index contributed by atoms with van der Waals surface area (Å²) in [6, 6.07) is 0. The van der Waals surface area contributed by atoms with E-state index >= 15 is 0 Å². The van der Waals surface area contributed by atoms with Crippen molar-refractivity contribution in [2.45, 2.75) is 45.7 Å². The Morgan fingerprint density at radius 1 is 1.21 bits per heavy atom. The molecule has 0 aliphatic rings. The van der Waals surface area contributed by atoms with Crippen molar-refractivity contribution < 1.29 is 23.1 Å². The molecule has 1 atom stereocenters. The highest BCUT2D eigenvalue weighted by molar-refractivity contribution is 7.55. The standard InChI is InChI=1S/C13H23O5P/c1-5-9-10-11-12(13(14)16-6-2)19(15,17-7-3)18-8-4/h1,12H,6-11H2,2-4H3. The smallest absolute Gasteiger partial charge is 0.344 e. The number of hydrogen-bond acceptors (Lipinski definition) is 5. The van der Waals surface area contributed by atoms with Gasteiger partial charge < -0.3 is 13.8 Å². The molecule has 6 heteroatoms. The Kier molecular flexibility index (Phi) is 9.59. The van der Waals surface area contributed by atoms with Gasteiger partial charge in [0.15, 0.2) is 5.66 Å². The van der Waals surface area contributed by atoms with E-state index in [0.717, 1.165) is 0 Å². The van der Waals surface area contributed by atoms with Crippen molar-refractivity contribution in [2.75, 3.05) is 19.8 Å². The van der Waals surface area contributed by atoms with Gasteiger partial charge in [-0.05, 0) is 33.6 Å². The Morgan fingerprint density at radius 3 is 2.21 bits per heavy atom. The largest absolute Gasteiger partial charge is 0.465 e. The summed E-state index contributed by atoms with van der Waals surface area (Å²) in [5.41, 5.74) is -0.902. The van der Waals surface area contributed by atoms with E-state index in [0.29, 0.717) is 19.3 Å². The fourth-order valence-corrected chi connectivity index (χ4v) is 3.60. The van der Waals surface area contributed by atoms with Crippen molar-refractivity contribution in [3.8, 4) is 12.3 Å². The van der Waals surface area contributed by atoms with Crippen LogP contribution < -0.4 is 0 Å². The van der Waals surface area contributed by atoms with Crippen LogP contribution in [0.5, 0.6) is 0 Å². The summed E-state index contributed by atoms with van der Waals surface area (Å²) in [7, 11) is -3.50. The van der Waals surface area contributed by atoms with E-state index < -0.39 is 19.2 Å². The van der Waals surface area contributed by atoms with Gasteiger partial charge in [-0.1, -0.05) is 0 Å². The zero-order chi connectivity index (χ0) is 14.7. The van der Waals surface area contributed by atoms with Gasteiger partial charge in [-0.15, -0.1) is 12.3 Å². The molecule has 0 N–H and O–H groups in total. The number of unbranched alkanes of at least 4 members (excludes halogenated alkanes) is 1. The number of rotatable bonds is 10. The summed E-state index contributed by atoms with van der Waals surface area (Å²) >= 11 is 0. The lowest BCUT2D eigenvalue weighted by Gasteiger charge is -2.24. The van der Waals surface area contributed by atoms with Crippen molar-refractivity contribution in [1.29, 1.82) is 0 Å². The van der Waals surface area contributed by atoms with Gasteiger partial charge in [0.25, 0.3) is 0 Å². The highest BCUT2D eigenvalue weighted by Gasteiger charge is 2.41. The number of ether oxygens (including phenoxy) is 1. The van der Waals surface area contributed by atoms with Gasteiger partial charge in [0, 0.05) is 6.42 Å². The molecule has 0 bridgehead atoms. The van der Waals surface area contributed by atoms with Crippen LogP contribution in [0.4, 0.5) is 0 Å². The molecule has 0 aliphatic carbocycles. The van der Waals surface area contributed by atoms with E-state index in [2.05, 4.69) is 5.92 Å². The molecule has 0 saturated heterocycles. The van der Waals surface area contributed by atoms with Crippen LogP contribution in [0, 0.1) is 12.3 Å². The van der Waals surface area contributed by atoms with Crippen LogP contribution >= 0.6 is 7.60 Å². The Morgan fingerprint density at radius 2 is 1.79 bits per heavy atom. The van der Waals surface area contributed by atoms with Gasteiger partial charge >= 0.3 is 13.6 Å². The van der Waals surface area contributed by atoms with Crippen molar-refractivity contribution in [2.24, 2.45) is 0 Å². The maximum Gasteiger partial charge on any atom is 0.344 e. The molecule has 0 aromatic carbocycles. The van der Waals surface area contributed by atoms with E-state index in [9.17, 15) is 9.36 Å². The number of carbonyl (C=O) groups excluding carboxylic acids is 1. The molecule has 0 amide bonds. The molecule has 0 fully saturated rings. The number of esters is 1. The second-order valence-electron chi connectivity index (χ2n) is 3.74. The molecule has 110 valence electrons. The molecule has 0 heterocycles. The average molecular weight is 290 g/mol. The van der Waals surface area contributed by atoms with Crippen LogP contribution in [0.3, 0.4) is 0 Å². The molecule has 0 saturated carbocycles. The first-order chi connectivity index (χ1) is 9.05. The Bertz CT molecular complexity index is 337. The lowest BCUT2D eigenvalue weighted by molar-refractivity contribution is -0.143. The highest BCUT2D eigenvalue weighted by atomic mass is 31.2. The molecular weight excluding hydrogens is 267 g/mol. The van der Waals surface area contributed by atoms with Crippen LogP contribution in [0.25, 0.3) is 0 Å². The fourth-order valence-electron chi connectivity index (χ4n) is 1.62. The number of carbonyl (C=O) groups is 1. The van der Waals surface area contributed by atoms with E-state index in [1.165, 1.54) is 0 Å². The van der Waals surface area contributed by atoms with Crippen molar-refractivity contribution in [3.05, 3.63) is 0 Å². The number of hydrogen-bond donors (Lipinski definition) is 0. The summed E-state index contributed by atoms with van der Waals surface area (Å²) in [5.74, 6) is 1.93. The zero-order valence-electron chi connectivity index (χ0n) is 11.9. The number of terminal acetylenes is 1. The molecule has 5 nitrogen and oxygen atoms in total. The molecule has 19 heavy (non-hydrogen) atoms. The average Bonchev–Trinajstić information content (AvgIpc) is 2.35. The maximum absolute atomic E-state index is 12.6. The molecule has 0 spiro atoms. The molecular formula is C13H23O5P. The fraction of sp³-hybridized carbons (Fsp3) is 0.769. The first-order valence-corrected chi connectivity index (χ1v) is 8.15. The lowest BCUT2D eigenvalue weighted by Crippen LogP contribution is -2.26. The quantitative estimate of drug-likeness (QED) is 0.268. The second-order valence-corrected chi connectivity index (χ2v) is 5.96.